The zero-order chi connectivity index (χ0) is 14.7. The average molecular weight is 277 g/mol. The monoisotopic (exact) mass is 277 g/mol. The zero-order valence-electron chi connectivity index (χ0n) is 11.4. The summed E-state index contributed by atoms with van der Waals surface area (Å²) in [6.07, 6.45) is 2.22. The van der Waals surface area contributed by atoms with Crippen molar-refractivity contribution >= 4 is 11.7 Å². The molecule has 0 atom stereocenters. The molecule has 2 N–H and O–H groups in total. The number of nitrogens with zero attached hydrogens (tertiary/aromatic N) is 2. The van der Waals surface area contributed by atoms with Crippen molar-refractivity contribution in [2.24, 2.45) is 7.05 Å². The minimum Gasteiger partial charge on any atom is -0.462 e. The number of hydrogen-bond donors (Lipinski definition) is 1. The third kappa shape index (κ3) is 2.96. The zero-order valence-corrected chi connectivity index (χ0v) is 11.4. The average Bonchev–Trinajstić information content (AvgIpc) is 2.81. The SMILES string of the molecule is Cc1c(N)cc(C(=O)OCCc2ccnn2C)cc1F. The number of carbonyl (C=O) groups excluding carboxylic acids is 1. The van der Waals surface area contributed by atoms with Gasteiger partial charge < -0.3 is 10.5 Å². The van der Waals surface area contributed by atoms with Crippen LogP contribution < -0.4 is 5.73 Å². The molecule has 2 aromatic rings. The van der Waals surface area contributed by atoms with Crippen LogP contribution in [-0.4, -0.2) is 22.4 Å². The summed E-state index contributed by atoms with van der Waals surface area (Å²) in [6.45, 7) is 1.76. The first-order valence-electron chi connectivity index (χ1n) is 6.18. The number of aromatic nitrogens is 2. The van der Waals surface area contributed by atoms with Crippen molar-refractivity contribution in [3.05, 3.63) is 47.0 Å². The van der Waals surface area contributed by atoms with Gasteiger partial charge in [0.2, 0.25) is 0 Å². The van der Waals surface area contributed by atoms with Gasteiger partial charge in [-0.2, -0.15) is 5.10 Å². The summed E-state index contributed by atoms with van der Waals surface area (Å²) >= 11 is 0. The molecule has 20 heavy (non-hydrogen) atoms. The number of hydrogen-bond acceptors (Lipinski definition) is 4. The van der Waals surface area contributed by atoms with E-state index in [9.17, 15) is 9.18 Å². The second-order valence-electron chi connectivity index (χ2n) is 4.50. The lowest BCUT2D eigenvalue weighted by Gasteiger charge is -2.08. The lowest BCUT2D eigenvalue weighted by atomic mass is 10.1. The Bertz CT molecular complexity index is 614. The smallest absolute Gasteiger partial charge is 0.338 e. The molecule has 0 amide bonds. The predicted molar refractivity (Wildman–Crippen MR) is 72.7 cm³/mol. The highest BCUT2D eigenvalue weighted by atomic mass is 19.1. The number of rotatable bonds is 4. The van der Waals surface area contributed by atoms with Gasteiger partial charge in [0.15, 0.2) is 0 Å². The maximum absolute atomic E-state index is 13.5. The molecule has 0 aliphatic carbocycles. The lowest BCUT2D eigenvalue weighted by molar-refractivity contribution is 0.0507. The van der Waals surface area contributed by atoms with Crippen LogP contribution >= 0.6 is 0 Å². The standard InChI is InChI=1S/C14H16FN3O2/c1-9-12(15)7-10(8-13(9)16)14(19)20-6-4-11-3-5-17-18(11)2/h3,5,7-8H,4,6,16H2,1-2H3. The molecule has 1 aromatic carbocycles. The molecule has 6 heteroatoms. The van der Waals surface area contributed by atoms with Gasteiger partial charge in [0.25, 0.3) is 0 Å². The molecule has 106 valence electrons. The Labute approximate surface area is 116 Å². The van der Waals surface area contributed by atoms with Crippen molar-refractivity contribution in [3.8, 4) is 0 Å². The van der Waals surface area contributed by atoms with Gasteiger partial charge in [0.1, 0.15) is 5.82 Å². The van der Waals surface area contributed by atoms with Gasteiger partial charge in [0, 0.05) is 36.6 Å². The fourth-order valence-electron chi connectivity index (χ4n) is 1.80. The van der Waals surface area contributed by atoms with Crippen LogP contribution in [0.3, 0.4) is 0 Å². The van der Waals surface area contributed by atoms with Crippen LogP contribution in [0.2, 0.25) is 0 Å². The van der Waals surface area contributed by atoms with Crippen molar-refractivity contribution < 1.29 is 13.9 Å². The molecule has 0 bridgehead atoms. The molecule has 0 radical (unpaired) electrons. The van der Waals surface area contributed by atoms with Crippen LogP contribution in [0, 0.1) is 12.7 Å². The van der Waals surface area contributed by atoms with Crippen LogP contribution in [0.25, 0.3) is 0 Å². The van der Waals surface area contributed by atoms with Crippen molar-refractivity contribution in [2.45, 2.75) is 13.3 Å². The summed E-state index contributed by atoms with van der Waals surface area (Å²) in [7, 11) is 1.81. The predicted octanol–water partition coefficient (Wildman–Crippen LogP) is 1.85. The molecule has 0 saturated heterocycles. The Morgan fingerprint density at radius 3 is 2.85 bits per heavy atom. The van der Waals surface area contributed by atoms with E-state index in [-0.39, 0.29) is 17.9 Å². The van der Waals surface area contributed by atoms with Crippen molar-refractivity contribution in [1.29, 1.82) is 0 Å². The normalized spacial score (nSPS) is 10.6. The number of anilines is 1. The first-order valence-corrected chi connectivity index (χ1v) is 6.18. The fourth-order valence-corrected chi connectivity index (χ4v) is 1.80. The summed E-state index contributed by atoms with van der Waals surface area (Å²) in [6, 6.07) is 4.40. The molecule has 0 aliphatic rings. The highest BCUT2D eigenvalue weighted by molar-refractivity contribution is 5.90. The minimum atomic E-state index is -0.585. The molecule has 1 aromatic heterocycles. The fraction of sp³-hybridized carbons (Fsp3) is 0.286. The van der Waals surface area contributed by atoms with Gasteiger partial charge in [-0.1, -0.05) is 0 Å². The maximum Gasteiger partial charge on any atom is 0.338 e. The molecule has 5 nitrogen and oxygen atoms in total. The van der Waals surface area contributed by atoms with Crippen LogP contribution in [0.4, 0.5) is 10.1 Å². The van der Waals surface area contributed by atoms with E-state index in [4.69, 9.17) is 10.5 Å². The quantitative estimate of drug-likeness (QED) is 0.684. The summed E-state index contributed by atoms with van der Waals surface area (Å²) in [5.41, 5.74) is 7.27. The highest BCUT2D eigenvalue weighted by Crippen LogP contribution is 2.18. The summed E-state index contributed by atoms with van der Waals surface area (Å²) < 4.78 is 20.3. The van der Waals surface area contributed by atoms with Crippen LogP contribution in [0.5, 0.6) is 0 Å². The van der Waals surface area contributed by atoms with Gasteiger partial charge in [-0.15, -0.1) is 0 Å². The number of nitrogens with two attached hydrogens (primary N) is 1. The molecule has 1 heterocycles. The minimum absolute atomic E-state index is 0.121. The molecule has 0 unspecified atom stereocenters. The van der Waals surface area contributed by atoms with Crippen LogP contribution in [0.1, 0.15) is 21.6 Å². The summed E-state index contributed by atoms with van der Waals surface area (Å²) in [4.78, 5) is 11.8. The number of benzene rings is 1. The summed E-state index contributed by atoms with van der Waals surface area (Å²) in [5.74, 6) is -1.10. The van der Waals surface area contributed by atoms with Crippen molar-refractivity contribution in [2.75, 3.05) is 12.3 Å². The Hall–Kier alpha value is -2.37. The second kappa shape index (κ2) is 5.73. The van der Waals surface area contributed by atoms with E-state index in [1.807, 2.05) is 13.1 Å². The number of aryl methyl sites for hydroxylation is 1. The van der Waals surface area contributed by atoms with Gasteiger partial charge in [-0.05, 0) is 25.1 Å². The van der Waals surface area contributed by atoms with Crippen LogP contribution in [-0.2, 0) is 18.2 Å². The number of esters is 1. The van der Waals surface area contributed by atoms with E-state index in [1.54, 1.807) is 17.8 Å². The first-order chi connectivity index (χ1) is 9.49. The molecular weight excluding hydrogens is 261 g/mol. The summed E-state index contributed by atoms with van der Waals surface area (Å²) in [5, 5.41) is 4.02. The number of halogens is 1. The Morgan fingerprint density at radius 2 is 2.25 bits per heavy atom. The van der Waals surface area contributed by atoms with E-state index >= 15 is 0 Å². The Kier molecular flexibility index (Phi) is 4.02. The molecule has 0 aliphatic heterocycles. The van der Waals surface area contributed by atoms with Gasteiger partial charge in [-0.3, -0.25) is 4.68 Å². The highest BCUT2D eigenvalue weighted by Gasteiger charge is 2.12. The van der Waals surface area contributed by atoms with E-state index < -0.39 is 11.8 Å². The molecular formula is C14H16FN3O2. The van der Waals surface area contributed by atoms with Crippen molar-refractivity contribution in [3.63, 3.8) is 0 Å². The van der Waals surface area contributed by atoms with E-state index in [2.05, 4.69) is 5.10 Å². The third-order valence-corrected chi connectivity index (χ3v) is 3.13. The van der Waals surface area contributed by atoms with Gasteiger partial charge in [0.05, 0.1) is 12.2 Å². The van der Waals surface area contributed by atoms with E-state index in [1.165, 1.54) is 6.07 Å². The number of carbonyl (C=O) groups is 1. The van der Waals surface area contributed by atoms with Crippen molar-refractivity contribution in [1.82, 2.24) is 9.78 Å². The number of ether oxygens (including phenoxy) is 1. The van der Waals surface area contributed by atoms with Gasteiger partial charge in [-0.25, -0.2) is 9.18 Å². The molecule has 0 spiro atoms. The molecule has 0 saturated carbocycles. The number of nitrogen functional groups attached to an aromatic ring is 1. The maximum atomic E-state index is 13.5. The lowest BCUT2D eigenvalue weighted by Crippen LogP contribution is -2.11. The second-order valence-corrected chi connectivity index (χ2v) is 4.50. The van der Waals surface area contributed by atoms with Crippen LogP contribution in [0.15, 0.2) is 24.4 Å². The van der Waals surface area contributed by atoms with E-state index in [0.29, 0.717) is 12.0 Å². The largest absolute Gasteiger partial charge is 0.462 e. The third-order valence-electron chi connectivity index (χ3n) is 3.13. The Balaban J connectivity index is 1.97. The Morgan fingerprint density at radius 1 is 1.50 bits per heavy atom. The van der Waals surface area contributed by atoms with E-state index in [0.717, 1.165) is 11.8 Å². The van der Waals surface area contributed by atoms with Gasteiger partial charge >= 0.3 is 5.97 Å². The topological polar surface area (TPSA) is 70.1 Å². The molecule has 2 rings (SSSR count). The first kappa shape index (κ1) is 14.0. The molecule has 0 fully saturated rings.